The van der Waals surface area contributed by atoms with E-state index in [9.17, 15) is 4.79 Å². The van der Waals surface area contributed by atoms with Gasteiger partial charge in [0.2, 0.25) is 5.88 Å². The molecule has 7 nitrogen and oxygen atoms in total. The molecule has 1 saturated heterocycles. The molecule has 4 rings (SSSR count). The zero-order valence-corrected chi connectivity index (χ0v) is 14.2. The minimum atomic E-state index is -0.0452. The molecule has 3 aromatic rings. The second-order valence-corrected chi connectivity index (χ2v) is 6.27. The van der Waals surface area contributed by atoms with Crippen LogP contribution in [0.5, 0.6) is 5.88 Å². The van der Waals surface area contributed by atoms with Crippen LogP contribution in [-0.2, 0) is 6.54 Å². The largest absolute Gasteiger partial charge is 0.471 e. The van der Waals surface area contributed by atoms with Crippen molar-refractivity contribution < 1.29 is 9.53 Å². The Morgan fingerprint density at radius 2 is 2.08 bits per heavy atom. The van der Waals surface area contributed by atoms with Gasteiger partial charge in [0, 0.05) is 49.7 Å². The Morgan fingerprint density at radius 3 is 2.81 bits per heavy atom. The summed E-state index contributed by atoms with van der Waals surface area (Å²) in [5.41, 5.74) is 1.82. The lowest BCUT2D eigenvalue weighted by Gasteiger charge is -2.17. The van der Waals surface area contributed by atoms with Crippen molar-refractivity contribution in [1.29, 1.82) is 0 Å². The van der Waals surface area contributed by atoms with Crippen molar-refractivity contribution in [3.63, 3.8) is 0 Å². The lowest BCUT2D eigenvalue weighted by Crippen LogP contribution is -2.31. The van der Waals surface area contributed by atoms with Crippen molar-refractivity contribution in [2.45, 2.75) is 19.1 Å². The van der Waals surface area contributed by atoms with Crippen molar-refractivity contribution in [3.8, 4) is 5.88 Å². The fourth-order valence-electron chi connectivity index (χ4n) is 3.06. The monoisotopic (exact) mass is 349 g/mol. The zero-order chi connectivity index (χ0) is 17.8. The molecule has 0 bridgehead atoms. The molecule has 0 radical (unpaired) electrons. The minimum absolute atomic E-state index is 0.0319. The van der Waals surface area contributed by atoms with E-state index in [0.717, 1.165) is 18.5 Å². The second kappa shape index (κ2) is 7.35. The van der Waals surface area contributed by atoms with Gasteiger partial charge in [-0.3, -0.25) is 4.79 Å². The third-order valence-corrected chi connectivity index (χ3v) is 4.39. The Balaban J connectivity index is 1.35. The number of nitrogens with zero attached hydrogens (tertiary/aromatic N) is 5. The van der Waals surface area contributed by atoms with E-state index >= 15 is 0 Å². The molecular formula is C19H19N5O2. The molecule has 1 aromatic carbocycles. The summed E-state index contributed by atoms with van der Waals surface area (Å²) in [4.78, 5) is 18.6. The summed E-state index contributed by atoms with van der Waals surface area (Å²) in [6.07, 6.45) is 7.80. The third kappa shape index (κ3) is 3.72. The van der Waals surface area contributed by atoms with E-state index in [-0.39, 0.29) is 12.0 Å². The molecule has 0 spiro atoms. The summed E-state index contributed by atoms with van der Waals surface area (Å²) in [6, 6.07) is 11.3. The summed E-state index contributed by atoms with van der Waals surface area (Å²) in [7, 11) is 0. The molecule has 132 valence electrons. The predicted octanol–water partition coefficient (Wildman–Crippen LogP) is 2.01. The average Bonchev–Trinajstić information content (AvgIpc) is 3.35. The molecule has 1 fully saturated rings. The Morgan fingerprint density at radius 1 is 1.19 bits per heavy atom. The van der Waals surface area contributed by atoms with Crippen LogP contribution in [0.1, 0.15) is 22.3 Å². The van der Waals surface area contributed by atoms with Gasteiger partial charge in [-0.25, -0.2) is 4.98 Å². The molecule has 0 saturated carbocycles. The number of ether oxygens (including phenoxy) is 1. The normalized spacial score (nSPS) is 16.6. The van der Waals surface area contributed by atoms with Gasteiger partial charge in [0.15, 0.2) is 0 Å². The van der Waals surface area contributed by atoms with Gasteiger partial charge in [0.05, 0.1) is 12.9 Å². The molecule has 3 heterocycles. The fraction of sp³-hybridized carbons (Fsp3) is 0.263. The van der Waals surface area contributed by atoms with E-state index < -0.39 is 0 Å². The number of carbonyl (C=O) groups is 1. The first-order valence-corrected chi connectivity index (χ1v) is 8.56. The summed E-state index contributed by atoms with van der Waals surface area (Å²) < 4.78 is 7.79. The van der Waals surface area contributed by atoms with Crippen LogP contribution < -0.4 is 4.74 Å². The van der Waals surface area contributed by atoms with E-state index in [4.69, 9.17) is 4.74 Å². The molecule has 1 amide bonds. The Kier molecular flexibility index (Phi) is 4.59. The zero-order valence-electron chi connectivity index (χ0n) is 14.2. The van der Waals surface area contributed by atoms with Gasteiger partial charge in [-0.15, -0.1) is 5.10 Å². The fourth-order valence-corrected chi connectivity index (χ4v) is 3.06. The molecule has 7 heteroatoms. The van der Waals surface area contributed by atoms with E-state index in [0.29, 0.717) is 24.5 Å². The highest BCUT2D eigenvalue weighted by Crippen LogP contribution is 2.18. The first-order chi connectivity index (χ1) is 12.8. The first kappa shape index (κ1) is 16.3. The maximum Gasteiger partial charge on any atom is 0.253 e. The maximum atomic E-state index is 12.7. The third-order valence-electron chi connectivity index (χ3n) is 4.39. The predicted molar refractivity (Wildman–Crippen MR) is 94.7 cm³/mol. The van der Waals surface area contributed by atoms with Gasteiger partial charge in [0.25, 0.3) is 5.91 Å². The van der Waals surface area contributed by atoms with Gasteiger partial charge in [0.1, 0.15) is 6.10 Å². The molecule has 1 atom stereocenters. The van der Waals surface area contributed by atoms with Crippen molar-refractivity contribution in [2.24, 2.45) is 0 Å². The Bertz CT molecular complexity index is 849. The highest BCUT2D eigenvalue weighted by atomic mass is 16.5. The van der Waals surface area contributed by atoms with Crippen LogP contribution in [0.3, 0.4) is 0 Å². The molecule has 0 N–H and O–H groups in total. The van der Waals surface area contributed by atoms with Crippen molar-refractivity contribution in [3.05, 3.63) is 72.4 Å². The van der Waals surface area contributed by atoms with Crippen molar-refractivity contribution in [2.75, 3.05) is 13.1 Å². The number of amides is 1. The number of benzene rings is 1. The van der Waals surface area contributed by atoms with E-state index in [1.807, 2.05) is 39.9 Å². The molecule has 1 aliphatic heterocycles. The number of rotatable bonds is 5. The molecule has 1 unspecified atom stereocenters. The molecule has 0 aliphatic carbocycles. The maximum absolute atomic E-state index is 12.7. The van der Waals surface area contributed by atoms with Crippen LogP contribution in [0.4, 0.5) is 0 Å². The van der Waals surface area contributed by atoms with Gasteiger partial charge >= 0.3 is 0 Å². The van der Waals surface area contributed by atoms with Crippen LogP contribution >= 0.6 is 0 Å². The summed E-state index contributed by atoms with van der Waals surface area (Å²) >= 11 is 0. The Labute approximate surface area is 151 Å². The van der Waals surface area contributed by atoms with E-state index in [1.54, 1.807) is 30.9 Å². The lowest BCUT2D eigenvalue weighted by molar-refractivity contribution is 0.0771. The molecular weight excluding hydrogens is 330 g/mol. The Hall–Kier alpha value is -3.22. The molecule has 26 heavy (non-hydrogen) atoms. The SMILES string of the molecule is O=C(c1ccc(Cn2ccnc2)cc1)N1CCC(Oc2cccnn2)C1. The number of hydrogen-bond donors (Lipinski definition) is 0. The average molecular weight is 349 g/mol. The second-order valence-electron chi connectivity index (χ2n) is 6.27. The summed E-state index contributed by atoms with van der Waals surface area (Å²) in [5, 5.41) is 7.73. The summed E-state index contributed by atoms with van der Waals surface area (Å²) in [6.45, 7) is 1.99. The van der Waals surface area contributed by atoms with Gasteiger partial charge in [-0.1, -0.05) is 12.1 Å². The van der Waals surface area contributed by atoms with Crippen molar-refractivity contribution in [1.82, 2.24) is 24.6 Å². The van der Waals surface area contributed by atoms with Gasteiger partial charge < -0.3 is 14.2 Å². The number of likely N-dealkylation sites (tertiary alicyclic amines) is 1. The van der Waals surface area contributed by atoms with Crippen LogP contribution in [0.15, 0.2) is 61.3 Å². The van der Waals surface area contributed by atoms with Gasteiger partial charge in [-0.05, 0) is 23.8 Å². The minimum Gasteiger partial charge on any atom is -0.471 e. The highest BCUT2D eigenvalue weighted by Gasteiger charge is 2.28. The number of carbonyl (C=O) groups excluding carboxylic acids is 1. The first-order valence-electron chi connectivity index (χ1n) is 8.56. The number of aromatic nitrogens is 4. The summed E-state index contributed by atoms with van der Waals surface area (Å²) in [5.74, 6) is 0.528. The van der Waals surface area contributed by atoms with Crippen LogP contribution in [-0.4, -0.2) is 49.7 Å². The number of hydrogen-bond acceptors (Lipinski definition) is 5. The quantitative estimate of drug-likeness (QED) is 0.704. The highest BCUT2D eigenvalue weighted by molar-refractivity contribution is 5.94. The molecule has 2 aromatic heterocycles. The van der Waals surface area contributed by atoms with Crippen LogP contribution in [0.25, 0.3) is 0 Å². The number of imidazole rings is 1. The standard InChI is InChI=1S/C19H19N5O2/c25-19(16-5-3-15(4-6-16)12-23-11-9-20-14-23)24-10-7-17(13-24)26-18-2-1-8-21-22-18/h1-6,8-9,11,14,17H,7,10,12-13H2. The topological polar surface area (TPSA) is 73.1 Å². The van der Waals surface area contributed by atoms with Crippen molar-refractivity contribution >= 4 is 5.91 Å². The lowest BCUT2D eigenvalue weighted by atomic mass is 10.1. The van der Waals surface area contributed by atoms with Gasteiger partial charge in [-0.2, -0.15) is 5.10 Å². The van der Waals surface area contributed by atoms with Crippen LogP contribution in [0, 0.1) is 0 Å². The molecule has 1 aliphatic rings. The van der Waals surface area contributed by atoms with E-state index in [1.165, 1.54) is 0 Å². The van der Waals surface area contributed by atoms with Crippen LogP contribution in [0.2, 0.25) is 0 Å². The van der Waals surface area contributed by atoms with E-state index in [2.05, 4.69) is 15.2 Å². The smallest absolute Gasteiger partial charge is 0.253 e.